The van der Waals surface area contributed by atoms with Gasteiger partial charge in [-0.15, -0.1) is 23.2 Å². The van der Waals surface area contributed by atoms with Crippen molar-refractivity contribution in [1.29, 1.82) is 0 Å². The van der Waals surface area contributed by atoms with E-state index in [1.54, 1.807) is 24.3 Å². The maximum Gasteiger partial charge on any atom is 0.247 e. The maximum atomic E-state index is 14.4. The number of benzene rings is 4. The van der Waals surface area contributed by atoms with Gasteiger partial charge in [-0.25, -0.2) is 0 Å². The Morgan fingerprint density at radius 1 is 0.698 bits per heavy atom. The summed E-state index contributed by atoms with van der Waals surface area (Å²) in [5, 5.41) is 2.90. The summed E-state index contributed by atoms with van der Waals surface area (Å²) in [6.45, 7) is 3.63. The number of amides is 3. The third kappa shape index (κ3) is 3.89. The molecule has 1 N–H and O–H groups in total. The highest BCUT2D eigenvalue weighted by Gasteiger charge is 2.73. The molecule has 4 aromatic carbocycles. The van der Waals surface area contributed by atoms with E-state index in [0.29, 0.717) is 17.2 Å². The predicted molar refractivity (Wildman–Crippen MR) is 165 cm³/mol. The molecule has 1 saturated heterocycles. The Hall–Kier alpha value is -4.13. The molecule has 4 aromatic rings. The minimum Gasteiger partial charge on any atom is -0.457 e. The summed E-state index contributed by atoms with van der Waals surface area (Å²) in [6, 6.07) is 30.2. The van der Waals surface area contributed by atoms with Crippen molar-refractivity contribution in [2.45, 2.75) is 29.6 Å². The Bertz CT molecular complexity index is 1650. The predicted octanol–water partition coefficient (Wildman–Crippen LogP) is 7.04. The van der Waals surface area contributed by atoms with Crippen LogP contribution in [0.15, 0.2) is 103 Å². The zero-order chi connectivity index (χ0) is 30.1. The number of carbonyl (C=O) groups excluding carboxylic acids is 3. The van der Waals surface area contributed by atoms with Crippen LogP contribution in [0.4, 0.5) is 5.69 Å². The minimum atomic E-state index is -1.30. The molecule has 4 aliphatic rings. The van der Waals surface area contributed by atoms with E-state index >= 15 is 0 Å². The van der Waals surface area contributed by atoms with Crippen LogP contribution in [-0.4, -0.2) is 28.7 Å². The van der Waals surface area contributed by atoms with E-state index in [1.165, 1.54) is 0 Å². The van der Waals surface area contributed by atoms with E-state index in [-0.39, 0.29) is 5.92 Å². The minimum absolute atomic E-state index is 0.381. The summed E-state index contributed by atoms with van der Waals surface area (Å²) in [4.78, 5) is 41.1. The van der Waals surface area contributed by atoms with Gasteiger partial charge in [0.05, 0.1) is 11.8 Å². The third-order valence-corrected chi connectivity index (χ3v) is 10.2. The Balaban J connectivity index is 1.22. The van der Waals surface area contributed by atoms with Crippen LogP contribution < -0.4 is 10.1 Å². The molecule has 0 aromatic heterocycles. The average molecular weight is 612 g/mol. The van der Waals surface area contributed by atoms with Crippen molar-refractivity contribution < 1.29 is 19.1 Å². The van der Waals surface area contributed by atoms with Crippen molar-refractivity contribution in [2.24, 2.45) is 17.8 Å². The van der Waals surface area contributed by atoms with Crippen LogP contribution in [0.25, 0.3) is 0 Å². The number of nitrogens with zero attached hydrogens (tertiary/aromatic N) is 1. The highest BCUT2D eigenvalue weighted by molar-refractivity contribution is 6.36. The van der Waals surface area contributed by atoms with Crippen molar-refractivity contribution in [2.75, 3.05) is 5.32 Å². The molecule has 0 radical (unpaired) electrons. The summed E-state index contributed by atoms with van der Waals surface area (Å²) < 4.78 is 5.85. The fourth-order valence-corrected chi connectivity index (χ4v) is 8.23. The number of alkyl halides is 2. The van der Waals surface area contributed by atoms with Gasteiger partial charge in [-0.3, -0.25) is 19.3 Å². The van der Waals surface area contributed by atoms with Crippen molar-refractivity contribution in [3.05, 3.63) is 125 Å². The number of rotatable bonds is 6. The first-order chi connectivity index (χ1) is 20.7. The van der Waals surface area contributed by atoms with Crippen molar-refractivity contribution >= 4 is 46.6 Å². The number of para-hydroxylation sites is 1. The lowest BCUT2D eigenvalue weighted by Crippen LogP contribution is -2.57. The number of hydrogen-bond acceptors (Lipinski definition) is 4. The molecule has 3 aliphatic carbocycles. The zero-order valence-electron chi connectivity index (χ0n) is 23.5. The smallest absolute Gasteiger partial charge is 0.247 e. The van der Waals surface area contributed by atoms with Gasteiger partial charge >= 0.3 is 0 Å². The number of ether oxygens (including phenoxy) is 1. The molecule has 1 fully saturated rings. The van der Waals surface area contributed by atoms with E-state index in [1.807, 2.05) is 92.7 Å². The fourth-order valence-electron chi connectivity index (χ4n) is 7.13. The summed E-state index contributed by atoms with van der Waals surface area (Å²) in [5.41, 5.74) is 3.39. The van der Waals surface area contributed by atoms with Gasteiger partial charge in [0.2, 0.25) is 17.7 Å². The average Bonchev–Trinajstić information content (AvgIpc) is 3.28. The molecule has 1 aliphatic heterocycles. The van der Waals surface area contributed by atoms with Gasteiger partial charge in [-0.1, -0.05) is 80.6 Å². The van der Waals surface area contributed by atoms with E-state index in [4.69, 9.17) is 27.9 Å². The first-order valence-corrected chi connectivity index (χ1v) is 15.0. The van der Waals surface area contributed by atoms with Crippen LogP contribution in [0, 0.1) is 17.8 Å². The fraction of sp³-hybridized carbons (Fsp3) is 0.229. The second kappa shape index (κ2) is 9.97. The van der Waals surface area contributed by atoms with Gasteiger partial charge in [-0.05, 0) is 64.6 Å². The van der Waals surface area contributed by atoms with Crippen LogP contribution >= 0.6 is 23.2 Å². The lowest BCUT2D eigenvalue weighted by atomic mass is 9.54. The summed E-state index contributed by atoms with van der Waals surface area (Å²) >= 11 is 15.1. The van der Waals surface area contributed by atoms with Crippen LogP contribution in [-0.2, 0) is 24.1 Å². The zero-order valence-corrected chi connectivity index (χ0v) is 25.0. The second-order valence-electron chi connectivity index (χ2n) is 11.6. The van der Waals surface area contributed by atoms with Gasteiger partial charge in [-0.2, -0.15) is 0 Å². The second-order valence-corrected chi connectivity index (χ2v) is 12.8. The SMILES string of the molecule is CC(C)[C@@H](C(=O)Nc1ccc(Oc2ccccc2)cc1)N1C(=O)[C@@H]2[C@@H](C1=O)C1(Cl)c3ccccc3C2(Cl)c2ccccc21. The topological polar surface area (TPSA) is 75.7 Å². The summed E-state index contributed by atoms with van der Waals surface area (Å²) in [5.74, 6) is -2.46. The van der Waals surface area contributed by atoms with Gasteiger partial charge in [0.25, 0.3) is 0 Å². The number of nitrogens with one attached hydrogen (secondary N) is 1. The molecule has 3 atom stereocenters. The van der Waals surface area contributed by atoms with Gasteiger partial charge in [0.1, 0.15) is 27.3 Å². The summed E-state index contributed by atoms with van der Waals surface area (Å²) in [6.07, 6.45) is 0. The highest BCUT2D eigenvalue weighted by atomic mass is 35.5. The van der Waals surface area contributed by atoms with E-state index in [0.717, 1.165) is 27.2 Å². The number of likely N-dealkylation sites (tertiary alicyclic amines) is 1. The normalized spacial score (nSPS) is 25.7. The molecule has 1 heterocycles. The molecule has 0 unspecified atom stereocenters. The molecular formula is C35H28Cl2N2O4. The Morgan fingerprint density at radius 2 is 1.12 bits per heavy atom. The Labute approximate surface area is 259 Å². The van der Waals surface area contributed by atoms with E-state index in [2.05, 4.69) is 5.32 Å². The third-order valence-electron chi connectivity index (χ3n) is 8.90. The van der Waals surface area contributed by atoms with E-state index in [9.17, 15) is 14.4 Å². The summed E-state index contributed by atoms with van der Waals surface area (Å²) in [7, 11) is 0. The molecule has 8 rings (SSSR count). The van der Waals surface area contributed by atoms with Gasteiger partial charge in [0, 0.05) is 5.69 Å². The lowest BCUT2D eigenvalue weighted by molar-refractivity contribution is -0.148. The van der Waals surface area contributed by atoms with Gasteiger partial charge in [0.15, 0.2) is 0 Å². The molecule has 6 nitrogen and oxygen atoms in total. The number of hydrogen-bond donors (Lipinski definition) is 1. The Morgan fingerprint density at radius 3 is 1.56 bits per heavy atom. The van der Waals surface area contributed by atoms with Crippen LogP contribution in [0.1, 0.15) is 36.1 Å². The molecule has 0 spiro atoms. The molecule has 216 valence electrons. The maximum absolute atomic E-state index is 14.4. The molecule has 2 bridgehead atoms. The lowest BCUT2D eigenvalue weighted by Gasteiger charge is -2.54. The standard InChI is InChI=1S/C35H28Cl2N2O4/c1-20(2)30(31(40)38-21-16-18-23(19-17-21)43-22-10-4-3-5-11-22)39-32(41)28-29(33(39)42)35(37)25-13-7-6-12-24(25)34(28,36)26-14-8-9-15-27(26)35/h3-20,28-30H,1-2H3,(H,38,40)/t28-,29-,30-,34?,35?/m0/s1. The first kappa shape index (κ1) is 27.7. The largest absolute Gasteiger partial charge is 0.457 e. The number of imide groups is 1. The van der Waals surface area contributed by atoms with Crippen LogP contribution in [0.3, 0.4) is 0 Å². The van der Waals surface area contributed by atoms with Crippen molar-refractivity contribution in [3.63, 3.8) is 0 Å². The Kier molecular flexibility index (Phi) is 6.42. The van der Waals surface area contributed by atoms with Crippen LogP contribution in [0.5, 0.6) is 11.5 Å². The van der Waals surface area contributed by atoms with Gasteiger partial charge < -0.3 is 10.1 Å². The molecule has 8 heteroatoms. The van der Waals surface area contributed by atoms with Crippen molar-refractivity contribution in [3.8, 4) is 11.5 Å². The molecule has 3 amide bonds. The first-order valence-electron chi connectivity index (χ1n) is 14.3. The monoisotopic (exact) mass is 610 g/mol. The molecule has 43 heavy (non-hydrogen) atoms. The number of carbonyl (C=O) groups is 3. The number of anilines is 1. The highest BCUT2D eigenvalue weighted by Crippen LogP contribution is 2.69. The van der Waals surface area contributed by atoms with Crippen molar-refractivity contribution in [1.82, 2.24) is 4.90 Å². The van der Waals surface area contributed by atoms with Crippen LogP contribution in [0.2, 0.25) is 0 Å². The molecular weight excluding hydrogens is 583 g/mol. The van der Waals surface area contributed by atoms with E-state index < -0.39 is 45.3 Å². The quantitative estimate of drug-likeness (QED) is 0.188. The molecule has 0 saturated carbocycles. The number of halogens is 2.